The van der Waals surface area contributed by atoms with Gasteiger partial charge in [0, 0.05) is 22.9 Å². The van der Waals surface area contributed by atoms with Crippen LogP contribution in [0.5, 0.6) is 0 Å². The topological polar surface area (TPSA) is 45.2 Å². The number of amides is 1. The molecule has 0 bridgehead atoms. The lowest BCUT2D eigenvalue weighted by Gasteiger charge is -2.30. The minimum atomic E-state index is 0.0188. The maximum Gasteiger partial charge on any atom is 0.226 e. The van der Waals surface area contributed by atoms with Crippen LogP contribution in [0, 0.1) is 0 Å². The van der Waals surface area contributed by atoms with Crippen molar-refractivity contribution in [3.8, 4) is 10.6 Å². The zero-order valence-electron chi connectivity index (χ0n) is 15.7. The molecule has 6 heteroatoms. The maximum absolute atomic E-state index is 12.5. The van der Waals surface area contributed by atoms with E-state index in [1.807, 2.05) is 16.8 Å². The third-order valence-corrected chi connectivity index (χ3v) is 6.22. The van der Waals surface area contributed by atoms with Gasteiger partial charge in [-0.1, -0.05) is 44.2 Å². The van der Waals surface area contributed by atoms with Crippen molar-refractivity contribution in [3.05, 3.63) is 63.8 Å². The molecule has 0 saturated heterocycles. The molecular formula is C21H25N3OS2. The molecule has 3 aromatic rings. The Labute approximate surface area is 168 Å². The van der Waals surface area contributed by atoms with E-state index in [2.05, 4.69) is 64.8 Å². The molecule has 0 saturated carbocycles. The van der Waals surface area contributed by atoms with Gasteiger partial charge in [0.1, 0.15) is 5.01 Å². The quantitative estimate of drug-likeness (QED) is 0.571. The molecule has 1 N–H and O–H groups in total. The number of rotatable bonds is 9. The Morgan fingerprint density at radius 2 is 1.93 bits per heavy atom. The van der Waals surface area contributed by atoms with E-state index in [1.165, 1.54) is 5.56 Å². The van der Waals surface area contributed by atoms with Gasteiger partial charge in [-0.15, -0.1) is 11.3 Å². The second-order valence-electron chi connectivity index (χ2n) is 6.28. The molecule has 1 amide bonds. The van der Waals surface area contributed by atoms with E-state index < -0.39 is 0 Å². The fourth-order valence-corrected chi connectivity index (χ4v) is 4.67. The van der Waals surface area contributed by atoms with Gasteiger partial charge in [0.25, 0.3) is 0 Å². The first kappa shape index (κ1) is 19.7. The summed E-state index contributed by atoms with van der Waals surface area (Å²) in [5.41, 5.74) is 3.19. The lowest BCUT2D eigenvalue weighted by molar-refractivity contribution is -0.120. The van der Waals surface area contributed by atoms with Gasteiger partial charge in [-0.2, -0.15) is 11.3 Å². The first-order valence-electron chi connectivity index (χ1n) is 9.24. The molecule has 0 aliphatic heterocycles. The number of hydrogen-bond donors (Lipinski definition) is 1. The number of nitrogens with one attached hydrogen (secondary N) is 1. The van der Waals surface area contributed by atoms with Crippen molar-refractivity contribution >= 4 is 28.6 Å². The SMILES string of the molecule is CCN(CC)C(CNC(=O)Cc1csc(-c2ccsc2)n1)c1ccccc1. The lowest BCUT2D eigenvalue weighted by Crippen LogP contribution is -2.38. The van der Waals surface area contributed by atoms with Crippen molar-refractivity contribution in [2.45, 2.75) is 26.3 Å². The summed E-state index contributed by atoms with van der Waals surface area (Å²) in [6, 6.07) is 12.6. The molecule has 142 valence electrons. The van der Waals surface area contributed by atoms with Crippen LogP contribution in [0.15, 0.2) is 52.5 Å². The molecule has 0 radical (unpaired) electrons. The molecule has 0 aliphatic carbocycles. The Kier molecular flexibility index (Phi) is 7.15. The van der Waals surface area contributed by atoms with Crippen molar-refractivity contribution in [2.24, 2.45) is 0 Å². The van der Waals surface area contributed by atoms with Crippen LogP contribution in [0.2, 0.25) is 0 Å². The van der Waals surface area contributed by atoms with Gasteiger partial charge in [-0.25, -0.2) is 4.98 Å². The van der Waals surface area contributed by atoms with Gasteiger partial charge < -0.3 is 5.32 Å². The summed E-state index contributed by atoms with van der Waals surface area (Å²) in [6.07, 6.45) is 0.320. The number of likely N-dealkylation sites (N-methyl/N-ethyl adjacent to an activating group) is 1. The minimum Gasteiger partial charge on any atom is -0.354 e. The maximum atomic E-state index is 12.5. The van der Waals surface area contributed by atoms with Crippen LogP contribution in [0.3, 0.4) is 0 Å². The van der Waals surface area contributed by atoms with Crippen molar-refractivity contribution in [1.29, 1.82) is 0 Å². The number of carbonyl (C=O) groups excluding carboxylic acids is 1. The van der Waals surface area contributed by atoms with E-state index in [4.69, 9.17) is 0 Å². The van der Waals surface area contributed by atoms with Crippen molar-refractivity contribution in [1.82, 2.24) is 15.2 Å². The first-order chi connectivity index (χ1) is 13.2. The molecule has 4 nitrogen and oxygen atoms in total. The number of aromatic nitrogens is 1. The third kappa shape index (κ3) is 5.25. The molecule has 1 aromatic carbocycles. The minimum absolute atomic E-state index is 0.0188. The summed E-state index contributed by atoms with van der Waals surface area (Å²) >= 11 is 3.25. The number of hydrogen-bond acceptors (Lipinski definition) is 5. The molecule has 3 rings (SSSR count). The highest BCUT2D eigenvalue weighted by Crippen LogP contribution is 2.26. The summed E-state index contributed by atoms with van der Waals surface area (Å²) < 4.78 is 0. The molecule has 0 fully saturated rings. The average Bonchev–Trinajstić information content (AvgIpc) is 3.37. The molecule has 0 aliphatic rings. The van der Waals surface area contributed by atoms with Crippen molar-refractivity contribution < 1.29 is 4.79 Å². The van der Waals surface area contributed by atoms with Gasteiger partial charge >= 0.3 is 0 Å². The van der Waals surface area contributed by atoms with Crippen molar-refractivity contribution in [2.75, 3.05) is 19.6 Å². The standard InChI is InChI=1S/C21H25N3OS2/c1-3-24(4-2)19(16-8-6-5-7-9-16)13-22-20(25)12-18-15-27-21(23-18)17-10-11-26-14-17/h5-11,14-15,19H,3-4,12-13H2,1-2H3,(H,22,25). The van der Waals surface area contributed by atoms with E-state index in [9.17, 15) is 4.79 Å². The summed E-state index contributed by atoms with van der Waals surface area (Å²) in [5, 5.41) is 10.2. The lowest BCUT2D eigenvalue weighted by atomic mass is 10.0. The summed E-state index contributed by atoms with van der Waals surface area (Å²) in [4.78, 5) is 19.4. The zero-order chi connectivity index (χ0) is 19.1. The summed E-state index contributed by atoms with van der Waals surface area (Å²) in [6.45, 7) is 6.81. The Balaban J connectivity index is 1.61. The number of carbonyl (C=O) groups is 1. The van der Waals surface area contributed by atoms with Crippen LogP contribution in [0.1, 0.15) is 31.1 Å². The zero-order valence-corrected chi connectivity index (χ0v) is 17.4. The number of nitrogens with zero attached hydrogens (tertiary/aromatic N) is 2. The highest BCUT2D eigenvalue weighted by atomic mass is 32.1. The highest BCUT2D eigenvalue weighted by Gasteiger charge is 2.19. The predicted molar refractivity (Wildman–Crippen MR) is 114 cm³/mol. The first-order valence-corrected chi connectivity index (χ1v) is 11.1. The van der Waals surface area contributed by atoms with Crippen molar-refractivity contribution in [3.63, 3.8) is 0 Å². The van der Waals surface area contributed by atoms with Crippen LogP contribution in [-0.4, -0.2) is 35.4 Å². The Bertz CT molecular complexity index is 826. The molecular weight excluding hydrogens is 374 g/mol. The highest BCUT2D eigenvalue weighted by molar-refractivity contribution is 7.14. The smallest absolute Gasteiger partial charge is 0.226 e. The van der Waals surface area contributed by atoms with Crippen LogP contribution in [0.4, 0.5) is 0 Å². The van der Waals surface area contributed by atoms with E-state index in [1.54, 1.807) is 22.7 Å². The fraction of sp³-hybridized carbons (Fsp3) is 0.333. The monoisotopic (exact) mass is 399 g/mol. The normalized spacial score (nSPS) is 12.3. The summed E-state index contributed by atoms with van der Waals surface area (Å²) in [7, 11) is 0. The van der Waals surface area contributed by atoms with Crippen LogP contribution in [-0.2, 0) is 11.2 Å². The van der Waals surface area contributed by atoms with E-state index in [0.29, 0.717) is 13.0 Å². The van der Waals surface area contributed by atoms with E-state index in [-0.39, 0.29) is 11.9 Å². The molecule has 1 unspecified atom stereocenters. The third-order valence-electron chi connectivity index (χ3n) is 4.59. The average molecular weight is 400 g/mol. The largest absolute Gasteiger partial charge is 0.354 e. The summed E-state index contributed by atoms with van der Waals surface area (Å²) in [5.74, 6) is 0.0188. The van der Waals surface area contributed by atoms with Gasteiger partial charge in [0.05, 0.1) is 18.2 Å². The van der Waals surface area contributed by atoms with Gasteiger partial charge in [0.2, 0.25) is 5.91 Å². The Morgan fingerprint density at radius 1 is 1.15 bits per heavy atom. The van der Waals surface area contributed by atoms with Crippen LogP contribution < -0.4 is 5.32 Å². The second-order valence-corrected chi connectivity index (χ2v) is 7.92. The van der Waals surface area contributed by atoms with Gasteiger partial charge in [-0.3, -0.25) is 9.69 Å². The number of benzene rings is 1. The van der Waals surface area contributed by atoms with Crippen LogP contribution >= 0.6 is 22.7 Å². The van der Waals surface area contributed by atoms with Crippen LogP contribution in [0.25, 0.3) is 10.6 Å². The van der Waals surface area contributed by atoms with E-state index >= 15 is 0 Å². The Morgan fingerprint density at radius 3 is 2.59 bits per heavy atom. The molecule has 2 aromatic heterocycles. The molecule has 0 spiro atoms. The molecule has 2 heterocycles. The Hall–Kier alpha value is -2.02. The van der Waals surface area contributed by atoms with Gasteiger partial charge in [0.15, 0.2) is 0 Å². The number of thiophene rings is 1. The molecule has 27 heavy (non-hydrogen) atoms. The van der Waals surface area contributed by atoms with Gasteiger partial charge in [-0.05, 0) is 30.1 Å². The second kappa shape index (κ2) is 9.78. The fourth-order valence-electron chi connectivity index (χ4n) is 3.14. The predicted octanol–water partition coefficient (Wildman–Crippen LogP) is 4.61. The number of thiazole rings is 1. The molecule has 1 atom stereocenters. The van der Waals surface area contributed by atoms with E-state index in [0.717, 1.165) is 29.4 Å².